The number of carboxylic acids is 1. The van der Waals surface area contributed by atoms with Crippen molar-refractivity contribution in [2.24, 2.45) is 0 Å². The van der Waals surface area contributed by atoms with Crippen molar-refractivity contribution in [2.45, 2.75) is 167 Å². The smallest absolute Gasteiger partial charge is 0.335 e. The molecule has 55 heavy (non-hydrogen) atoms. The van der Waals surface area contributed by atoms with E-state index in [1.54, 1.807) is 0 Å². The zero-order valence-electron chi connectivity index (χ0n) is 29.1. The van der Waals surface area contributed by atoms with Gasteiger partial charge in [-0.15, -0.1) is 0 Å². The summed E-state index contributed by atoms with van der Waals surface area (Å²) >= 11 is 0. The number of hydrogen-bond acceptors (Lipinski definition) is 24. The lowest BCUT2D eigenvalue weighted by atomic mass is 9.95. The van der Waals surface area contributed by atoms with E-state index in [1.807, 2.05) is 0 Å². The van der Waals surface area contributed by atoms with E-state index in [1.165, 1.54) is 13.8 Å². The third kappa shape index (κ3) is 8.94. The molecule has 0 bridgehead atoms. The minimum atomic E-state index is -2.11. The minimum Gasteiger partial charge on any atom is -0.479 e. The molecular formula is C30H50O25. The monoisotopic (exact) mass is 810 g/mol. The number of aliphatic carboxylic acids is 1. The van der Waals surface area contributed by atoms with Crippen LogP contribution in [0.25, 0.3) is 0 Å². The lowest BCUT2D eigenvalue weighted by molar-refractivity contribution is -0.390. The normalized spacial score (nSPS) is 53.9. The molecule has 0 spiro atoms. The van der Waals surface area contributed by atoms with Crippen LogP contribution in [0, 0.1) is 0 Å². The molecule has 5 heterocycles. The highest BCUT2D eigenvalue weighted by molar-refractivity contribution is 5.73. The van der Waals surface area contributed by atoms with Gasteiger partial charge in [-0.3, -0.25) is 0 Å². The summed E-state index contributed by atoms with van der Waals surface area (Å²) in [5.74, 6) is -1.75. The molecule has 0 aromatic carbocycles. The van der Waals surface area contributed by atoms with Crippen LogP contribution < -0.4 is 0 Å². The Hall–Kier alpha value is -1.45. The first-order valence-electron chi connectivity index (χ1n) is 17.3. The van der Waals surface area contributed by atoms with Gasteiger partial charge in [0, 0.05) is 0 Å². The van der Waals surface area contributed by atoms with Gasteiger partial charge >= 0.3 is 5.97 Å². The summed E-state index contributed by atoms with van der Waals surface area (Å²) in [4.78, 5) is 11.5. The fourth-order valence-electron chi connectivity index (χ4n) is 6.91. The Kier molecular flexibility index (Phi) is 14.8. The quantitative estimate of drug-likeness (QED) is 0.0921. The zero-order chi connectivity index (χ0) is 40.8. The molecule has 25 heteroatoms. The third-order valence-electron chi connectivity index (χ3n) is 10.2. The highest BCUT2D eigenvalue weighted by Crippen LogP contribution is 2.35. The first-order chi connectivity index (χ1) is 25.8. The molecule has 5 fully saturated rings. The van der Waals surface area contributed by atoms with Gasteiger partial charge in [-0.2, -0.15) is 0 Å². The van der Waals surface area contributed by atoms with Gasteiger partial charge in [0.1, 0.15) is 104 Å². The van der Waals surface area contributed by atoms with Crippen LogP contribution in [0.4, 0.5) is 0 Å². The van der Waals surface area contributed by atoms with Gasteiger partial charge in [-0.05, 0) is 13.8 Å². The van der Waals surface area contributed by atoms with Gasteiger partial charge in [0.25, 0.3) is 0 Å². The molecular weight excluding hydrogens is 760 g/mol. The van der Waals surface area contributed by atoms with Crippen molar-refractivity contribution >= 4 is 5.97 Å². The van der Waals surface area contributed by atoms with Gasteiger partial charge in [0.05, 0.1) is 25.4 Å². The fourth-order valence-corrected chi connectivity index (χ4v) is 6.91. The van der Waals surface area contributed by atoms with Crippen LogP contribution >= 0.6 is 0 Å². The molecule has 5 rings (SSSR count). The Morgan fingerprint density at radius 2 is 0.855 bits per heavy atom. The highest BCUT2D eigenvalue weighted by atomic mass is 16.8. The van der Waals surface area contributed by atoms with Crippen LogP contribution in [-0.4, -0.2) is 249 Å². The minimum absolute atomic E-state index is 0.773. The van der Waals surface area contributed by atoms with E-state index in [0.717, 1.165) is 0 Å². The predicted molar refractivity (Wildman–Crippen MR) is 164 cm³/mol. The lowest BCUT2D eigenvalue weighted by Crippen LogP contribution is -2.67. The fraction of sp³-hybridized carbons (Fsp3) is 0.967. The van der Waals surface area contributed by atoms with Crippen LogP contribution in [0.3, 0.4) is 0 Å². The summed E-state index contributed by atoms with van der Waals surface area (Å²) in [6, 6.07) is 0. The zero-order valence-corrected chi connectivity index (χ0v) is 29.1. The van der Waals surface area contributed by atoms with Gasteiger partial charge in [-0.25, -0.2) is 4.79 Å². The molecule has 5 saturated heterocycles. The SMILES string of the molecule is C[C@@H]1O[C@@H](O[C@H]2[C@@H](O)[C@H](O)[C@H](O[C@@H]3[C@@H](O)[C@H](O)O[C@H](CO)[C@H]3O)O[C@H]2C)[C@@H](O)[C@H](O[C@H]2O[C@H](CO)[C@H](O)[C@H](O[C@@H]3O[C@H](C(=O)O)[C@@H](O)[C@H](O)[C@H]3O)[C@H]2O)[C@@H]1O. The van der Waals surface area contributed by atoms with Gasteiger partial charge < -0.3 is 119 Å². The molecule has 5 aliphatic rings. The molecule has 25 nitrogen and oxygen atoms in total. The second-order valence-electron chi connectivity index (χ2n) is 14.0. The molecule has 0 saturated carbocycles. The molecule has 0 aromatic rings. The number of rotatable bonds is 11. The number of carbonyl (C=O) groups is 1. The maximum atomic E-state index is 11.5. The number of carboxylic acid groups (broad SMARTS) is 1. The molecule has 5 aliphatic heterocycles. The highest BCUT2D eigenvalue weighted by Gasteiger charge is 2.56. The van der Waals surface area contributed by atoms with E-state index in [9.17, 15) is 81.4 Å². The van der Waals surface area contributed by atoms with E-state index in [4.69, 9.17) is 42.6 Å². The van der Waals surface area contributed by atoms with Gasteiger partial charge in [0.15, 0.2) is 37.6 Å². The Balaban J connectivity index is 1.27. The molecule has 0 unspecified atom stereocenters. The summed E-state index contributed by atoms with van der Waals surface area (Å²) in [7, 11) is 0. The molecule has 320 valence electrons. The summed E-state index contributed by atoms with van der Waals surface area (Å²) < 4.78 is 49.1. The Morgan fingerprint density at radius 1 is 0.436 bits per heavy atom. The number of aliphatic hydroxyl groups is 14. The summed E-state index contributed by atoms with van der Waals surface area (Å²) in [6.07, 6.45) is -45.4. The van der Waals surface area contributed by atoms with Crippen LogP contribution in [0.2, 0.25) is 0 Å². The van der Waals surface area contributed by atoms with Crippen molar-refractivity contribution in [2.75, 3.05) is 13.2 Å². The Labute approximate surface area is 310 Å². The van der Waals surface area contributed by atoms with Gasteiger partial charge in [0.2, 0.25) is 0 Å². The van der Waals surface area contributed by atoms with Crippen molar-refractivity contribution in [1.82, 2.24) is 0 Å². The first-order valence-corrected chi connectivity index (χ1v) is 17.3. The summed E-state index contributed by atoms with van der Waals surface area (Å²) in [5, 5.41) is 156. The average Bonchev–Trinajstić information content (AvgIpc) is 3.14. The van der Waals surface area contributed by atoms with Crippen LogP contribution in [0.15, 0.2) is 0 Å². The lowest BCUT2D eigenvalue weighted by Gasteiger charge is -2.49. The Bertz CT molecular complexity index is 1250. The van der Waals surface area contributed by atoms with Gasteiger partial charge in [-0.1, -0.05) is 0 Å². The number of aliphatic hydroxyl groups excluding tert-OH is 14. The van der Waals surface area contributed by atoms with Crippen molar-refractivity contribution in [3.05, 3.63) is 0 Å². The van der Waals surface area contributed by atoms with Crippen LogP contribution in [0.5, 0.6) is 0 Å². The molecule has 0 aromatic heterocycles. The number of ether oxygens (including phenoxy) is 9. The van der Waals surface area contributed by atoms with Crippen molar-refractivity contribution < 1.29 is 124 Å². The van der Waals surface area contributed by atoms with Crippen molar-refractivity contribution in [3.63, 3.8) is 0 Å². The van der Waals surface area contributed by atoms with E-state index in [0.29, 0.717) is 0 Å². The largest absolute Gasteiger partial charge is 0.479 e. The van der Waals surface area contributed by atoms with Crippen LogP contribution in [0.1, 0.15) is 13.8 Å². The molecule has 25 atom stereocenters. The molecule has 0 radical (unpaired) electrons. The summed E-state index contributed by atoms with van der Waals surface area (Å²) in [6.45, 7) is 0.951. The second-order valence-corrected chi connectivity index (χ2v) is 14.0. The molecule has 0 aliphatic carbocycles. The van der Waals surface area contributed by atoms with E-state index < -0.39 is 173 Å². The predicted octanol–water partition coefficient (Wildman–Crippen LogP) is -9.78. The second kappa shape index (κ2) is 18.2. The molecule has 0 amide bonds. The van der Waals surface area contributed by atoms with Crippen molar-refractivity contribution in [3.8, 4) is 0 Å². The van der Waals surface area contributed by atoms with Crippen molar-refractivity contribution in [1.29, 1.82) is 0 Å². The maximum absolute atomic E-state index is 11.5. The van der Waals surface area contributed by atoms with E-state index >= 15 is 0 Å². The summed E-state index contributed by atoms with van der Waals surface area (Å²) in [5.41, 5.74) is 0. The number of hydrogen-bond donors (Lipinski definition) is 15. The standard InChI is InChI=1S/C30H50O25/c1-5-9(33)21(52-30-19(43)23(11(35)8(4-32)50-30)54-28-15(39)12(36)13(37)24(55-28)25(44)45)18(42)29(47-5)51-20-6(2)48-27(16(40)14(20)38)53-22-10(34)7(3-31)49-26(46)17(22)41/h5-24,26-43,46H,3-4H2,1-2H3,(H,44,45)/t5-,6-,7+,8+,9+,10+,11-,12-,13-,14-,15+,16-,17+,18-,19+,20+,21+,22-,23-,24-,26+,27-,28+,29-,30+/m0/s1. The molecule has 15 N–H and O–H groups in total. The third-order valence-corrected chi connectivity index (χ3v) is 10.2. The topological polar surface area (TPSA) is 404 Å². The Morgan fingerprint density at radius 3 is 1.40 bits per heavy atom. The van der Waals surface area contributed by atoms with E-state index in [2.05, 4.69) is 0 Å². The maximum Gasteiger partial charge on any atom is 0.335 e. The average molecular weight is 811 g/mol. The van der Waals surface area contributed by atoms with Crippen LogP contribution in [-0.2, 0) is 47.4 Å². The first kappa shape index (κ1) is 44.6. The van der Waals surface area contributed by atoms with E-state index in [-0.39, 0.29) is 0 Å².